The Morgan fingerprint density at radius 1 is 1.35 bits per heavy atom. The number of hydrogen-bond acceptors (Lipinski definition) is 2. The predicted molar refractivity (Wildman–Crippen MR) is 83.6 cm³/mol. The van der Waals surface area contributed by atoms with Crippen LogP contribution in [0.25, 0.3) is 0 Å². The Balaban J connectivity index is 2.08. The van der Waals surface area contributed by atoms with Gasteiger partial charge in [0.2, 0.25) is 0 Å². The molecule has 0 aliphatic carbocycles. The molecule has 2 atom stereocenters. The summed E-state index contributed by atoms with van der Waals surface area (Å²) in [7, 11) is 0. The summed E-state index contributed by atoms with van der Waals surface area (Å²) in [5, 5.41) is 0. The van der Waals surface area contributed by atoms with Gasteiger partial charge in [-0.3, -0.25) is 0 Å². The van der Waals surface area contributed by atoms with Crippen LogP contribution in [0, 0.1) is 11.7 Å². The first-order chi connectivity index (χ1) is 9.60. The van der Waals surface area contributed by atoms with Crippen molar-refractivity contribution in [1.29, 1.82) is 0 Å². The minimum atomic E-state index is -0.0969. The first-order valence-electron chi connectivity index (χ1n) is 7.89. The van der Waals surface area contributed by atoms with E-state index in [1.165, 1.54) is 6.42 Å². The molecule has 0 spiro atoms. The van der Waals surface area contributed by atoms with E-state index in [0.717, 1.165) is 55.9 Å². The van der Waals surface area contributed by atoms with Gasteiger partial charge in [-0.25, -0.2) is 4.39 Å². The van der Waals surface area contributed by atoms with Crippen LogP contribution in [0.5, 0.6) is 0 Å². The monoisotopic (exact) mass is 278 g/mol. The largest absolute Gasteiger partial charge is 0.369 e. The average molecular weight is 278 g/mol. The van der Waals surface area contributed by atoms with Crippen molar-refractivity contribution < 1.29 is 4.39 Å². The Hall–Kier alpha value is -1.09. The molecule has 0 radical (unpaired) electrons. The summed E-state index contributed by atoms with van der Waals surface area (Å²) in [6.45, 7) is 6.28. The van der Waals surface area contributed by atoms with Crippen molar-refractivity contribution in [2.75, 3.05) is 18.0 Å². The Morgan fingerprint density at radius 3 is 2.85 bits per heavy atom. The molecule has 1 saturated heterocycles. The lowest BCUT2D eigenvalue weighted by atomic mass is 10.0. The molecule has 0 bridgehead atoms. The minimum absolute atomic E-state index is 0.0969. The second-order valence-electron chi connectivity index (χ2n) is 6.18. The highest BCUT2D eigenvalue weighted by molar-refractivity contribution is 5.49. The van der Waals surface area contributed by atoms with Crippen LogP contribution < -0.4 is 10.6 Å². The maximum atomic E-state index is 14.3. The van der Waals surface area contributed by atoms with E-state index in [2.05, 4.69) is 18.7 Å². The van der Waals surface area contributed by atoms with E-state index in [1.54, 1.807) is 6.07 Å². The van der Waals surface area contributed by atoms with Crippen LogP contribution in [0.3, 0.4) is 0 Å². The molecule has 0 amide bonds. The Morgan fingerprint density at radius 2 is 2.15 bits per heavy atom. The second-order valence-corrected chi connectivity index (χ2v) is 6.18. The molecule has 112 valence electrons. The Bertz CT molecular complexity index is 433. The van der Waals surface area contributed by atoms with E-state index in [9.17, 15) is 4.39 Å². The van der Waals surface area contributed by atoms with Crippen LogP contribution in [0.4, 0.5) is 10.1 Å². The van der Waals surface area contributed by atoms with Crippen molar-refractivity contribution in [3.05, 3.63) is 29.6 Å². The number of nitrogens with two attached hydrogens (primary N) is 1. The molecule has 1 aliphatic heterocycles. The molecule has 1 aliphatic rings. The molecule has 2 unspecified atom stereocenters. The van der Waals surface area contributed by atoms with E-state index in [4.69, 9.17) is 5.73 Å². The van der Waals surface area contributed by atoms with Gasteiger partial charge in [0.05, 0.1) is 5.69 Å². The third kappa shape index (κ3) is 3.95. The van der Waals surface area contributed by atoms with Crippen molar-refractivity contribution >= 4 is 5.69 Å². The SMILES string of the molecule is CCC(N)Cc1ccc(N2CCCC(C)CC2)c(F)c1. The first-order valence-corrected chi connectivity index (χ1v) is 7.89. The van der Waals surface area contributed by atoms with Crippen LogP contribution in [-0.4, -0.2) is 19.1 Å². The van der Waals surface area contributed by atoms with Crippen LogP contribution in [-0.2, 0) is 6.42 Å². The van der Waals surface area contributed by atoms with Gasteiger partial charge in [0.25, 0.3) is 0 Å². The molecule has 3 heteroatoms. The zero-order chi connectivity index (χ0) is 14.5. The molecule has 1 aromatic rings. The summed E-state index contributed by atoms with van der Waals surface area (Å²) in [6.07, 6.45) is 5.24. The predicted octanol–water partition coefficient (Wildman–Crippen LogP) is 3.73. The van der Waals surface area contributed by atoms with E-state index in [-0.39, 0.29) is 11.9 Å². The van der Waals surface area contributed by atoms with Gasteiger partial charge in [-0.2, -0.15) is 0 Å². The molecule has 1 aromatic carbocycles. The van der Waals surface area contributed by atoms with Gasteiger partial charge >= 0.3 is 0 Å². The van der Waals surface area contributed by atoms with Gasteiger partial charge in [-0.05, 0) is 55.7 Å². The van der Waals surface area contributed by atoms with Crippen molar-refractivity contribution in [1.82, 2.24) is 0 Å². The Kier molecular flexibility index (Phi) is 5.41. The fourth-order valence-electron chi connectivity index (χ4n) is 2.88. The number of rotatable bonds is 4. The van der Waals surface area contributed by atoms with Gasteiger partial charge in [0.1, 0.15) is 5.82 Å². The topological polar surface area (TPSA) is 29.3 Å². The Labute approximate surface area is 122 Å². The number of benzene rings is 1. The lowest BCUT2D eigenvalue weighted by Gasteiger charge is -2.24. The van der Waals surface area contributed by atoms with Gasteiger partial charge in [-0.15, -0.1) is 0 Å². The number of nitrogens with zero attached hydrogens (tertiary/aromatic N) is 1. The summed E-state index contributed by atoms with van der Waals surface area (Å²) in [5.74, 6) is 0.658. The maximum absolute atomic E-state index is 14.3. The van der Waals surface area contributed by atoms with Crippen molar-refractivity contribution in [2.24, 2.45) is 11.7 Å². The van der Waals surface area contributed by atoms with E-state index in [1.807, 2.05) is 12.1 Å². The molecule has 0 aromatic heterocycles. The molecule has 1 heterocycles. The molecular formula is C17H27FN2. The highest BCUT2D eigenvalue weighted by Crippen LogP contribution is 2.26. The molecule has 2 nitrogen and oxygen atoms in total. The summed E-state index contributed by atoms with van der Waals surface area (Å²) in [6, 6.07) is 5.75. The molecule has 0 saturated carbocycles. The van der Waals surface area contributed by atoms with Crippen LogP contribution in [0.15, 0.2) is 18.2 Å². The van der Waals surface area contributed by atoms with Crippen molar-refractivity contribution in [3.8, 4) is 0 Å². The van der Waals surface area contributed by atoms with Crippen LogP contribution in [0.2, 0.25) is 0 Å². The fourth-order valence-corrected chi connectivity index (χ4v) is 2.88. The van der Waals surface area contributed by atoms with Gasteiger partial charge in [0, 0.05) is 19.1 Å². The highest BCUT2D eigenvalue weighted by Gasteiger charge is 2.17. The van der Waals surface area contributed by atoms with Gasteiger partial charge in [0.15, 0.2) is 0 Å². The number of halogens is 1. The fraction of sp³-hybridized carbons (Fsp3) is 0.647. The number of anilines is 1. The summed E-state index contributed by atoms with van der Waals surface area (Å²) in [4.78, 5) is 2.20. The molecule has 20 heavy (non-hydrogen) atoms. The quantitative estimate of drug-likeness (QED) is 0.909. The molecule has 1 fully saturated rings. The molecule has 2 N–H and O–H groups in total. The zero-order valence-corrected chi connectivity index (χ0v) is 12.7. The highest BCUT2D eigenvalue weighted by atomic mass is 19.1. The zero-order valence-electron chi connectivity index (χ0n) is 12.7. The lowest BCUT2D eigenvalue weighted by Crippen LogP contribution is -2.25. The lowest BCUT2D eigenvalue weighted by molar-refractivity contribution is 0.520. The van der Waals surface area contributed by atoms with E-state index >= 15 is 0 Å². The summed E-state index contributed by atoms with van der Waals surface area (Å²) < 4.78 is 14.3. The minimum Gasteiger partial charge on any atom is -0.369 e. The summed E-state index contributed by atoms with van der Waals surface area (Å²) in [5.41, 5.74) is 7.70. The summed E-state index contributed by atoms with van der Waals surface area (Å²) >= 11 is 0. The third-order valence-electron chi connectivity index (χ3n) is 4.39. The second kappa shape index (κ2) is 7.07. The van der Waals surface area contributed by atoms with Crippen LogP contribution in [0.1, 0.15) is 45.1 Å². The van der Waals surface area contributed by atoms with E-state index < -0.39 is 0 Å². The normalized spacial score (nSPS) is 21.6. The molecular weight excluding hydrogens is 251 g/mol. The third-order valence-corrected chi connectivity index (χ3v) is 4.39. The van der Waals surface area contributed by atoms with Crippen LogP contribution >= 0.6 is 0 Å². The molecule has 2 rings (SSSR count). The average Bonchev–Trinajstić information content (AvgIpc) is 2.64. The van der Waals surface area contributed by atoms with Gasteiger partial charge < -0.3 is 10.6 Å². The van der Waals surface area contributed by atoms with Gasteiger partial charge in [-0.1, -0.05) is 19.9 Å². The number of hydrogen-bond donors (Lipinski definition) is 1. The maximum Gasteiger partial charge on any atom is 0.146 e. The van der Waals surface area contributed by atoms with Crippen molar-refractivity contribution in [3.63, 3.8) is 0 Å². The van der Waals surface area contributed by atoms with E-state index in [0.29, 0.717) is 0 Å². The first kappa shape index (κ1) is 15.3. The van der Waals surface area contributed by atoms with Crippen molar-refractivity contribution in [2.45, 2.75) is 52.0 Å². The smallest absolute Gasteiger partial charge is 0.146 e. The standard InChI is InChI=1S/C17H27FN2/c1-3-15(19)11-14-6-7-17(16(18)12-14)20-9-4-5-13(2)8-10-20/h6-7,12-13,15H,3-5,8-11,19H2,1-2H3.